The van der Waals surface area contributed by atoms with E-state index >= 15 is 0 Å². The zero-order valence-electron chi connectivity index (χ0n) is 13.3. The SMILES string of the molecule is Cc1nn(CC(=O)Nc2ccc(Cl)cc2-n2cccc2)c(C)c1Cl. The van der Waals surface area contributed by atoms with Crippen LogP contribution in [0.2, 0.25) is 10.0 Å². The summed E-state index contributed by atoms with van der Waals surface area (Å²) >= 11 is 12.2. The highest BCUT2D eigenvalue weighted by Gasteiger charge is 2.14. The van der Waals surface area contributed by atoms with Crippen molar-refractivity contribution in [3.8, 4) is 5.69 Å². The summed E-state index contributed by atoms with van der Waals surface area (Å²) in [5, 5.41) is 8.37. The molecule has 0 radical (unpaired) electrons. The van der Waals surface area contributed by atoms with Gasteiger partial charge in [-0.05, 0) is 44.2 Å². The molecule has 0 fully saturated rings. The molecule has 124 valence electrons. The topological polar surface area (TPSA) is 51.9 Å². The minimum atomic E-state index is -0.187. The van der Waals surface area contributed by atoms with Crippen molar-refractivity contribution in [3.63, 3.8) is 0 Å². The molecule has 1 amide bonds. The van der Waals surface area contributed by atoms with Crippen LogP contribution in [0.1, 0.15) is 11.4 Å². The number of anilines is 1. The van der Waals surface area contributed by atoms with Gasteiger partial charge in [-0.3, -0.25) is 9.48 Å². The summed E-state index contributed by atoms with van der Waals surface area (Å²) in [6, 6.07) is 9.14. The Labute approximate surface area is 149 Å². The van der Waals surface area contributed by atoms with E-state index in [1.807, 2.05) is 42.9 Å². The molecule has 3 aromatic rings. The molecule has 24 heavy (non-hydrogen) atoms. The van der Waals surface area contributed by atoms with Crippen LogP contribution in [0.15, 0.2) is 42.7 Å². The van der Waals surface area contributed by atoms with Gasteiger partial charge in [0.25, 0.3) is 0 Å². The highest BCUT2D eigenvalue weighted by atomic mass is 35.5. The van der Waals surface area contributed by atoms with Crippen LogP contribution in [0, 0.1) is 13.8 Å². The molecule has 0 bridgehead atoms. The fourth-order valence-electron chi connectivity index (χ4n) is 2.47. The Morgan fingerprint density at radius 1 is 1.21 bits per heavy atom. The molecule has 5 nitrogen and oxygen atoms in total. The smallest absolute Gasteiger partial charge is 0.246 e. The maximum atomic E-state index is 12.4. The summed E-state index contributed by atoms with van der Waals surface area (Å²) in [5.74, 6) is -0.187. The van der Waals surface area contributed by atoms with Crippen LogP contribution in [-0.4, -0.2) is 20.3 Å². The van der Waals surface area contributed by atoms with Crippen LogP contribution < -0.4 is 5.32 Å². The van der Waals surface area contributed by atoms with Gasteiger partial charge in [-0.25, -0.2) is 0 Å². The second-order valence-corrected chi connectivity index (χ2v) is 6.26. The second kappa shape index (κ2) is 6.71. The maximum absolute atomic E-state index is 12.4. The number of hydrogen-bond donors (Lipinski definition) is 1. The molecule has 0 spiro atoms. The van der Waals surface area contributed by atoms with Crippen molar-refractivity contribution >= 4 is 34.8 Å². The van der Waals surface area contributed by atoms with Crippen molar-refractivity contribution < 1.29 is 4.79 Å². The number of rotatable bonds is 4. The second-order valence-electron chi connectivity index (χ2n) is 5.44. The van der Waals surface area contributed by atoms with Crippen molar-refractivity contribution in [2.45, 2.75) is 20.4 Å². The van der Waals surface area contributed by atoms with Crippen LogP contribution in [0.3, 0.4) is 0 Å². The van der Waals surface area contributed by atoms with Crippen molar-refractivity contribution in [2.75, 3.05) is 5.32 Å². The number of halogens is 2. The molecule has 3 rings (SSSR count). The molecule has 0 saturated heterocycles. The fraction of sp³-hybridized carbons (Fsp3) is 0.176. The molecule has 7 heteroatoms. The van der Waals surface area contributed by atoms with Gasteiger partial charge in [-0.15, -0.1) is 0 Å². The monoisotopic (exact) mass is 362 g/mol. The van der Waals surface area contributed by atoms with Gasteiger partial charge in [-0.1, -0.05) is 23.2 Å². The van der Waals surface area contributed by atoms with Crippen molar-refractivity contribution in [1.29, 1.82) is 0 Å². The van der Waals surface area contributed by atoms with Crippen LogP contribution in [0.4, 0.5) is 5.69 Å². The molecule has 2 heterocycles. The van der Waals surface area contributed by atoms with Crippen molar-refractivity contribution in [2.24, 2.45) is 0 Å². The van der Waals surface area contributed by atoms with Gasteiger partial charge >= 0.3 is 0 Å². The van der Waals surface area contributed by atoms with Gasteiger partial charge in [0.1, 0.15) is 6.54 Å². The average Bonchev–Trinajstić information content (AvgIpc) is 3.15. The minimum Gasteiger partial charge on any atom is -0.323 e. The van der Waals surface area contributed by atoms with Gasteiger partial charge in [0.05, 0.1) is 27.8 Å². The molecule has 0 saturated carbocycles. The summed E-state index contributed by atoms with van der Waals surface area (Å²) in [5.41, 5.74) is 2.95. The normalized spacial score (nSPS) is 10.8. The lowest BCUT2D eigenvalue weighted by atomic mass is 10.2. The molecule has 0 atom stereocenters. The van der Waals surface area contributed by atoms with E-state index in [-0.39, 0.29) is 12.5 Å². The van der Waals surface area contributed by atoms with E-state index in [4.69, 9.17) is 23.2 Å². The number of hydrogen-bond acceptors (Lipinski definition) is 2. The summed E-state index contributed by atoms with van der Waals surface area (Å²) in [4.78, 5) is 12.4. The standard InChI is InChI=1S/C17H16Cl2N4O/c1-11-17(19)12(2)23(21-11)10-16(24)20-14-6-5-13(18)9-15(14)22-7-3-4-8-22/h3-9H,10H2,1-2H3,(H,20,24). The van der Waals surface area contributed by atoms with Gasteiger partial charge in [0.2, 0.25) is 5.91 Å². The molecule has 0 unspecified atom stereocenters. The predicted octanol–water partition coefficient (Wildman–Crippen LogP) is 4.24. The fourth-order valence-corrected chi connectivity index (χ4v) is 2.78. The lowest BCUT2D eigenvalue weighted by molar-refractivity contribution is -0.116. The summed E-state index contributed by atoms with van der Waals surface area (Å²) in [6.07, 6.45) is 3.78. The van der Waals surface area contributed by atoms with E-state index < -0.39 is 0 Å². The largest absolute Gasteiger partial charge is 0.323 e. The van der Waals surface area contributed by atoms with E-state index in [2.05, 4.69) is 10.4 Å². The van der Waals surface area contributed by atoms with Crippen LogP contribution >= 0.6 is 23.2 Å². The van der Waals surface area contributed by atoms with E-state index in [9.17, 15) is 4.79 Å². The average molecular weight is 363 g/mol. The number of nitrogens with one attached hydrogen (secondary N) is 1. The van der Waals surface area contributed by atoms with E-state index in [1.165, 1.54) is 0 Å². The lowest BCUT2D eigenvalue weighted by Gasteiger charge is -2.13. The lowest BCUT2D eigenvalue weighted by Crippen LogP contribution is -2.21. The third-order valence-corrected chi connectivity index (χ3v) is 4.49. The van der Waals surface area contributed by atoms with E-state index in [0.717, 1.165) is 11.4 Å². The summed E-state index contributed by atoms with van der Waals surface area (Å²) in [7, 11) is 0. The predicted molar refractivity (Wildman–Crippen MR) is 96.1 cm³/mol. The first-order valence-corrected chi connectivity index (χ1v) is 8.13. The number of aromatic nitrogens is 3. The van der Waals surface area contributed by atoms with E-state index in [0.29, 0.717) is 21.4 Å². The number of nitrogens with zero attached hydrogens (tertiary/aromatic N) is 3. The van der Waals surface area contributed by atoms with Crippen molar-refractivity contribution in [3.05, 3.63) is 64.2 Å². The zero-order valence-corrected chi connectivity index (χ0v) is 14.8. The Balaban J connectivity index is 1.83. The van der Waals surface area contributed by atoms with Crippen LogP contribution in [0.5, 0.6) is 0 Å². The number of amides is 1. The Bertz CT molecular complexity index is 884. The van der Waals surface area contributed by atoms with Gasteiger partial charge in [0, 0.05) is 17.4 Å². The molecule has 1 aromatic carbocycles. The summed E-state index contributed by atoms with van der Waals surface area (Å²) < 4.78 is 3.49. The molecule has 0 aliphatic heterocycles. The third-order valence-electron chi connectivity index (χ3n) is 3.70. The third kappa shape index (κ3) is 3.32. The number of aryl methyl sites for hydroxylation is 1. The van der Waals surface area contributed by atoms with Crippen molar-refractivity contribution in [1.82, 2.24) is 14.3 Å². The zero-order chi connectivity index (χ0) is 17.3. The Kier molecular flexibility index (Phi) is 4.64. The maximum Gasteiger partial charge on any atom is 0.246 e. The first-order valence-electron chi connectivity index (χ1n) is 7.38. The van der Waals surface area contributed by atoms with Crippen LogP contribution in [0.25, 0.3) is 5.69 Å². The highest BCUT2D eigenvalue weighted by molar-refractivity contribution is 6.32. The number of benzene rings is 1. The Hall–Kier alpha value is -2.24. The van der Waals surface area contributed by atoms with Gasteiger partial charge < -0.3 is 9.88 Å². The van der Waals surface area contributed by atoms with Gasteiger partial charge in [-0.2, -0.15) is 5.10 Å². The molecule has 0 aliphatic rings. The van der Waals surface area contributed by atoms with E-state index in [1.54, 1.807) is 22.9 Å². The first-order chi connectivity index (χ1) is 11.5. The molecule has 1 N–H and O–H groups in total. The quantitative estimate of drug-likeness (QED) is 0.754. The highest BCUT2D eigenvalue weighted by Crippen LogP contribution is 2.25. The number of carbonyl (C=O) groups excluding carboxylic acids is 1. The molecule has 0 aliphatic carbocycles. The van der Waals surface area contributed by atoms with Gasteiger partial charge in [0.15, 0.2) is 0 Å². The van der Waals surface area contributed by atoms with Crippen LogP contribution in [-0.2, 0) is 11.3 Å². The molecular formula is C17H16Cl2N4O. The molecule has 2 aromatic heterocycles. The summed E-state index contributed by atoms with van der Waals surface area (Å²) in [6.45, 7) is 3.74. The number of carbonyl (C=O) groups is 1. The Morgan fingerprint density at radius 2 is 1.92 bits per heavy atom. The first kappa shape index (κ1) is 16.6. The Morgan fingerprint density at radius 3 is 2.54 bits per heavy atom. The minimum absolute atomic E-state index is 0.0904. The molecular weight excluding hydrogens is 347 g/mol.